The fourth-order valence-corrected chi connectivity index (χ4v) is 8.96. The van der Waals surface area contributed by atoms with Gasteiger partial charge in [-0.1, -0.05) is 207 Å². The van der Waals surface area contributed by atoms with Crippen molar-refractivity contribution in [3.05, 3.63) is 0 Å². The molecule has 0 spiro atoms. The molecule has 0 aromatic carbocycles. The van der Waals surface area contributed by atoms with Crippen LogP contribution < -0.4 is 10.6 Å². The number of hydrogen-bond acceptors (Lipinski definition) is 10. The Morgan fingerprint density at radius 3 is 0.894 bits per heavy atom. The fraction of sp³-hybridized carbons (Fsp3) is 0.926. The molecule has 1 aliphatic heterocycles. The first-order valence-corrected chi connectivity index (χ1v) is 27.9. The summed E-state index contributed by atoms with van der Waals surface area (Å²) in [5.74, 6) is -2.58. The fourth-order valence-electron chi connectivity index (χ4n) is 8.96. The van der Waals surface area contributed by atoms with Crippen molar-refractivity contribution in [3.8, 4) is 0 Å². The lowest BCUT2D eigenvalue weighted by Crippen LogP contribution is -2.62. The molecule has 0 aromatic rings. The summed E-state index contributed by atoms with van der Waals surface area (Å²) in [6, 6.07) is -2.30. The molecular weight excluding hydrogens is 833 g/mol. The van der Waals surface area contributed by atoms with E-state index < -0.39 is 48.0 Å². The monoisotopic (exact) mass is 937 g/mol. The van der Waals surface area contributed by atoms with Crippen LogP contribution in [0.25, 0.3) is 0 Å². The highest BCUT2D eigenvalue weighted by Crippen LogP contribution is 2.15. The van der Waals surface area contributed by atoms with Crippen LogP contribution in [-0.4, -0.2) is 121 Å². The van der Waals surface area contributed by atoms with E-state index >= 15 is 0 Å². The van der Waals surface area contributed by atoms with Crippen LogP contribution in [-0.2, 0) is 28.7 Å². The average molecular weight is 937 g/mol. The minimum atomic E-state index is -1.15. The highest BCUT2D eigenvalue weighted by Gasteiger charge is 2.36. The van der Waals surface area contributed by atoms with E-state index in [0.717, 1.165) is 51.9 Å². The summed E-state index contributed by atoms with van der Waals surface area (Å²) in [4.78, 5) is 56.1. The minimum absolute atomic E-state index is 0.192. The number of rotatable bonds is 48. The van der Waals surface area contributed by atoms with E-state index in [1.807, 2.05) is 0 Å². The second kappa shape index (κ2) is 44.0. The Morgan fingerprint density at radius 1 is 0.424 bits per heavy atom. The molecule has 1 aliphatic rings. The Morgan fingerprint density at radius 2 is 0.652 bits per heavy atom. The van der Waals surface area contributed by atoms with Crippen molar-refractivity contribution in [1.29, 1.82) is 0 Å². The zero-order chi connectivity index (χ0) is 48.3. The number of nitrogens with one attached hydrogen (secondary N) is 2. The predicted octanol–water partition coefficient (Wildman–Crippen LogP) is 10.7. The lowest BCUT2D eigenvalue weighted by Gasteiger charge is -2.29. The van der Waals surface area contributed by atoms with Crippen LogP contribution in [0.4, 0.5) is 0 Å². The Balaban J connectivity index is 2.51. The van der Waals surface area contributed by atoms with Gasteiger partial charge < -0.3 is 40.1 Å². The summed E-state index contributed by atoms with van der Waals surface area (Å²) >= 11 is 0. The van der Waals surface area contributed by atoms with Gasteiger partial charge in [0.1, 0.15) is 37.5 Å². The molecule has 4 atom stereocenters. The van der Waals surface area contributed by atoms with Gasteiger partial charge in [0.05, 0.1) is 12.8 Å². The molecule has 0 saturated carbocycles. The lowest BCUT2D eigenvalue weighted by atomic mass is 10.1. The van der Waals surface area contributed by atoms with E-state index in [1.54, 1.807) is 0 Å². The van der Waals surface area contributed by atoms with Gasteiger partial charge in [0.2, 0.25) is 11.8 Å². The third kappa shape index (κ3) is 35.8. The molecule has 4 N–H and O–H groups in total. The molecule has 66 heavy (non-hydrogen) atoms. The van der Waals surface area contributed by atoms with Gasteiger partial charge in [-0.2, -0.15) is 0 Å². The van der Waals surface area contributed by atoms with Gasteiger partial charge in [-0.05, 0) is 51.9 Å². The maximum absolute atomic E-state index is 12.9. The van der Waals surface area contributed by atoms with Crippen molar-refractivity contribution in [2.45, 2.75) is 270 Å². The van der Waals surface area contributed by atoms with Crippen LogP contribution in [0.3, 0.4) is 0 Å². The molecule has 0 unspecified atom stereocenters. The van der Waals surface area contributed by atoms with E-state index in [1.165, 1.54) is 180 Å². The highest BCUT2D eigenvalue weighted by atomic mass is 16.5. The van der Waals surface area contributed by atoms with Gasteiger partial charge in [-0.25, -0.2) is 0 Å². The number of nitrogens with zero attached hydrogens (tertiary/aromatic N) is 2. The summed E-state index contributed by atoms with van der Waals surface area (Å²) in [7, 11) is 0. The number of ether oxygens (including phenoxy) is 2. The number of amides is 2. The van der Waals surface area contributed by atoms with E-state index in [2.05, 4.69) is 48.1 Å². The molecule has 1 heterocycles. The number of carbonyl (C=O) groups excluding carboxylic acids is 4. The third-order valence-corrected chi connectivity index (χ3v) is 13.1. The van der Waals surface area contributed by atoms with Gasteiger partial charge >= 0.3 is 11.9 Å². The van der Waals surface area contributed by atoms with Crippen molar-refractivity contribution in [2.24, 2.45) is 0 Å². The second-order valence-corrected chi connectivity index (χ2v) is 19.7. The third-order valence-electron chi connectivity index (χ3n) is 13.1. The molecule has 1 fully saturated rings. The molecule has 12 nitrogen and oxygen atoms in total. The molecular formula is C54H104N4O8. The molecule has 12 heteroatoms. The topological polar surface area (TPSA) is 158 Å². The van der Waals surface area contributed by atoms with Gasteiger partial charge in [0.15, 0.2) is 0 Å². The number of esters is 2. The Hall–Kier alpha value is -2.28. The smallest absolute Gasteiger partial charge is 0.308 e. The minimum Gasteiger partial charge on any atom is -0.463 e. The van der Waals surface area contributed by atoms with E-state index in [-0.39, 0.29) is 26.1 Å². The Bertz CT molecular complexity index is 1050. The Labute approximate surface area is 404 Å². The first kappa shape index (κ1) is 61.7. The average Bonchev–Trinajstić information content (AvgIpc) is 3.29. The number of carbonyl (C=O) groups is 4. The lowest BCUT2D eigenvalue weighted by molar-refractivity contribution is -0.153. The maximum Gasteiger partial charge on any atom is 0.308 e. The first-order chi connectivity index (χ1) is 32.1. The number of aliphatic hydroxyl groups is 2. The van der Waals surface area contributed by atoms with E-state index in [0.29, 0.717) is 13.1 Å². The van der Waals surface area contributed by atoms with Crippen molar-refractivity contribution in [3.63, 3.8) is 0 Å². The van der Waals surface area contributed by atoms with Crippen molar-refractivity contribution < 1.29 is 38.9 Å². The molecule has 0 bridgehead atoms. The van der Waals surface area contributed by atoms with Crippen molar-refractivity contribution in [2.75, 3.05) is 52.5 Å². The van der Waals surface area contributed by atoms with Gasteiger partial charge in [0, 0.05) is 13.1 Å². The van der Waals surface area contributed by atoms with E-state index in [9.17, 15) is 29.4 Å². The van der Waals surface area contributed by atoms with Gasteiger partial charge in [-0.15, -0.1) is 0 Å². The largest absolute Gasteiger partial charge is 0.463 e. The van der Waals surface area contributed by atoms with Crippen LogP contribution in [0, 0.1) is 0 Å². The SMILES string of the molecule is CCCCCCCCCCN(CCCCCCCCCC)C[C@H](O)COC(=O)C[C@@H]1NC(=O)[C@H](CC(=O)OC[C@@H](O)CN(CCCCCCCCCC)CCCCCCCCCC)NC1=O. The molecule has 0 aromatic heterocycles. The second-order valence-electron chi connectivity index (χ2n) is 19.7. The first-order valence-electron chi connectivity index (χ1n) is 27.9. The summed E-state index contributed by atoms with van der Waals surface area (Å²) < 4.78 is 10.8. The highest BCUT2D eigenvalue weighted by molar-refractivity contribution is 6.00. The number of piperazine rings is 1. The Kier molecular flexibility index (Phi) is 41.1. The normalized spacial score (nSPS) is 16.1. The standard InChI is InChI=1S/C54H104N4O8/c1-5-9-13-17-21-25-29-33-37-57(38-34-30-26-22-18-14-10-6-2)43-47(59)45-65-51(61)41-49-53(63)56-50(54(64)55-49)42-52(62)66-46-48(60)44-58(39-35-31-27-23-19-15-11-7-3)40-36-32-28-24-20-16-12-8-4/h47-50,59-60H,5-46H2,1-4H3,(H,55,64)(H,56,63)/t47-,48-,49-,50-/m0/s1. The zero-order valence-electron chi connectivity index (χ0n) is 43.2. The molecule has 1 saturated heterocycles. The molecule has 0 radical (unpaired) electrons. The van der Waals surface area contributed by atoms with Crippen LogP contribution in [0.5, 0.6) is 0 Å². The molecule has 388 valence electrons. The molecule has 1 rings (SSSR count). The summed E-state index contributed by atoms with van der Waals surface area (Å²) in [5.41, 5.74) is 0. The van der Waals surface area contributed by atoms with Crippen LogP contribution >= 0.6 is 0 Å². The van der Waals surface area contributed by atoms with E-state index in [4.69, 9.17) is 9.47 Å². The summed E-state index contributed by atoms with van der Waals surface area (Å²) in [5, 5.41) is 26.9. The maximum atomic E-state index is 12.9. The summed E-state index contributed by atoms with van der Waals surface area (Å²) in [6.07, 6.45) is 37.1. The quantitative estimate of drug-likeness (QED) is 0.0342. The number of unbranched alkanes of at least 4 members (excludes halogenated alkanes) is 28. The van der Waals surface area contributed by atoms with Gasteiger partial charge in [0.25, 0.3) is 0 Å². The number of aliphatic hydroxyl groups excluding tert-OH is 2. The molecule has 2 amide bonds. The van der Waals surface area contributed by atoms with Gasteiger partial charge in [-0.3, -0.25) is 19.2 Å². The molecule has 0 aliphatic carbocycles. The zero-order valence-corrected chi connectivity index (χ0v) is 43.2. The summed E-state index contributed by atoms with van der Waals surface area (Å²) in [6.45, 7) is 13.0. The number of hydrogen-bond donors (Lipinski definition) is 4. The van der Waals surface area contributed by atoms with Crippen LogP contribution in [0.2, 0.25) is 0 Å². The van der Waals surface area contributed by atoms with Crippen molar-refractivity contribution >= 4 is 23.8 Å². The van der Waals surface area contributed by atoms with Crippen LogP contribution in [0.1, 0.15) is 246 Å². The predicted molar refractivity (Wildman–Crippen MR) is 270 cm³/mol. The van der Waals surface area contributed by atoms with Crippen molar-refractivity contribution in [1.82, 2.24) is 20.4 Å². The van der Waals surface area contributed by atoms with Crippen LogP contribution in [0.15, 0.2) is 0 Å².